The van der Waals surface area contributed by atoms with Crippen molar-refractivity contribution in [3.63, 3.8) is 0 Å². The molecule has 3 heteroatoms. The Bertz CT molecular complexity index is 454. The number of hydrogen-bond acceptors (Lipinski definition) is 3. The summed E-state index contributed by atoms with van der Waals surface area (Å²) >= 11 is 0. The van der Waals surface area contributed by atoms with Crippen LogP contribution in [0.25, 0.3) is 0 Å². The van der Waals surface area contributed by atoms with Crippen LogP contribution in [0.5, 0.6) is 0 Å². The van der Waals surface area contributed by atoms with Crippen LogP contribution in [-0.2, 0) is 6.61 Å². The quantitative estimate of drug-likeness (QED) is 0.885. The average Bonchev–Trinajstić information content (AvgIpc) is 2.71. The lowest BCUT2D eigenvalue weighted by molar-refractivity contribution is 0.282. The normalized spacial score (nSPS) is 19.9. The number of likely N-dealkylation sites (N-methyl/N-ethyl adjacent to an activating group) is 1. The fraction of sp³-hybridized carbons (Fsp3) is 0.467. The number of aliphatic hydroxyl groups excluding tert-OH is 1. The van der Waals surface area contributed by atoms with E-state index in [1.807, 2.05) is 13.0 Å². The molecule has 0 aliphatic carbocycles. The van der Waals surface area contributed by atoms with Crippen molar-refractivity contribution in [1.82, 2.24) is 4.90 Å². The maximum atomic E-state index is 9.50. The Morgan fingerprint density at radius 1 is 1.44 bits per heavy atom. The van der Waals surface area contributed by atoms with Gasteiger partial charge in [-0.2, -0.15) is 0 Å². The summed E-state index contributed by atoms with van der Waals surface area (Å²) < 4.78 is 0. The summed E-state index contributed by atoms with van der Waals surface area (Å²) in [5.41, 5.74) is 4.39. The molecule has 1 saturated heterocycles. The lowest BCUT2D eigenvalue weighted by Gasteiger charge is -2.24. The minimum atomic E-state index is 0.0768. The molecular weight excluding hydrogens is 224 g/mol. The molecule has 18 heavy (non-hydrogen) atoms. The third kappa shape index (κ3) is 2.42. The molecule has 0 amide bonds. The SMILES string of the molecule is C=C1CC(N(C)C)CN1c1ccc(C)cc1CO. The Labute approximate surface area is 109 Å². The van der Waals surface area contributed by atoms with Gasteiger partial charge in [0.2, 0.25) is 0 Å². The molecule has 0 saturated carbocycles. The zero-order valence-corrected chi connectivity index (χ0v) is 11.5. The molecular formula is C15H22N2O. The first-order valence-corrected chi connectivity index (χ1v) is 6.35. The molecule has 1 N–H and O–H groups in total. The summed E-state index contributed by atoms with van der Waals surface area (Å²) in [7, 11) is 4.20. The van der Waals surface area contributed by atoms with Crippen molar-refractivity contribution in [2.45, 2.75) is 26.0 Å². The van der Waals surface area contributed by atoms with Crippen molar-refractivity contribution >= 4 is 5.69 Å². The molecule has 1 atom stereocenters. The van der Waals surface area contributed by atoms with Crippen molar-refractivity contribution in [2.24, 2.45) is 0 Å². The van der Waals surface area contributed by atoms with Crippen LogP contribution in [0, 0.1) is 6.92 Å². The molecule has 0 bridgehead atoms. The molecule has 3 nitrogen and oxygen atoms in total. The van der Waals surface area contributed by atoms with Crippen molar-refractivity contribution < 1.29 is 5.11 Å². The van der Waals surface area contributed by atoms with Crippen molar-refractivity contribution in [2.75, 3.05) is 25.5 Å². The van der Waals surface area contributed by atoms with Crippen LogP contribution in [0.3, 0.4) is 0 Å². The highest BCUT2D eigenvalue weighted by molar-refractivity contribution is 5.60. The lowest BCUT2D eigenvalue weighted by Crippen LogP contribution is -2.31. The van der Waals surface area contributed by atoms with Crippen LogP contribution in [0.15, 0.2) is 30.5 Å². The molecule has 1 aliphatic rings. The predicted molar refractivity (Wildman–Crippen MR) is 75.7 cm³/mol. The van der Waals surface area contributed by atoms with Gasteiger partial charge in [-0.05, 0) is 27.1 Å². The number of aryl methyl sites for hydroxylation is 1. The molecule has 0 spiro atoms. The smallest absolute Gasteiger partial charge is 0.0702 e. The van der Waals surface area contributed by atoms with Gasteiger partial charge < -0.3 is 14.9 Å². The summed E-state index contributed by atoms with van der Waals surface area (Å²) in [6, 6.07) is 6.73. The standard InChI is InChI=1S/C15H22N2O/c1-11-5-6-15(13(7-11)10-18)17-9-14(16(3)4)8-12(17)2/h5-7,14,18H,2,8-10H2,1,3-4H3. The molecule has 1 aliphatic heterocycles. The van der Waals surface area contributed by atoms with E-state index in [0.29, 0.717) is 6.04 Å². The molecule has 1 aromatic rings. The van der Waals surface area contributed by atoms with Gasteiger partial charge in [0.15, 0.2) is 0 Å². The van der Waals surface area contributed by atoms with Crippen molar-refractivity contribution in [3.8, 4) is 0 Å². The molecule has 1 heterocycles. The van der Waals surface area contributed by atoms with Crippen molar-refractivity contribution in [1.29, 1.82) is 0 Å². The summed E-state index contributed by atoms with van der Waals surface area (Å²) in [4.78, 5) is 4.47. The second kappa shape index (κ2) is 5.12. The summed E-state index contributed by atoms with van der Waals surface area (Å²) in [6.45, 7) is 7.23. The van der Waals surface area contributed by atoms with Crippen LogP contribution >= 0.6 is 0 Å². The van der Waals surface area contributed by atoms with Gasteiger partial charge >= 0.3 is 0 Å². The van der Waals surface area contributed by atoms with Gasteiger partial charge in [-0.1, -0.05) is 24.3 Å². The van der Waals surface area contributed by atoms with E-state index in [4.69, 9.17) is 0 Å². The number of benzene rings is 1. The van der Waals surface area contributed by atoms with Gasteiger partial charge in [0.1, 0.15) is 0 Å². The lowest BCUT2D eigenvalue weighted by atomic mass is 10.1. The fourth-order valence-corrected chi connectivity index (χ4v) is 2.51. The first-order chi connectivity index (χ1) is 8.52. The summed E-state index contributed by atoms with van der Waals surface area (Å²) in [5.74, 6) is 0. The molecule has 1 unspecified atom stereocenters. The molecule has 1 aromatic carbocycles. The van der Waals surface area contributed by atoms with Gasteiger partial charge in [-0.3, -0.25) is 0 Å². The van der Waals surface area contributed by atoms with E-state index >= 15 is 0 Å². The number of rotatable bonds is 3. The number of nitrogens with zero attached hydrogens (tertiary/aromatic N) is 2. The van der Waals surface area contributed by atoms with E-state index in [-0.39, 0.29) is 6.61 Å². The number of anilines is 1. The topological polar surface area (TPSA) is 26.7 Å². The van der Waals surface area contributed by atoms with E-state index in [2.05, 4.69) is 42.6 Å². The van der Waals surface area contributed by atoms with E-state index < -0.39 is 0 Å². The summed E-state index contributed by atoms with van der Waals surface area (Å²) in [6.07, 6.45) is 0.992. The van der Waals surface area contributed by atoms with Crippen LogP contribution in [-0.4, -0.2) is 36.7 Å². The zero-order chi connectivity index (χ0) is 13.3. The molecule has 98 valence electrons. The van der Waals surface area contributed by atoms with Crippen LogP contribution in [0.4, 0.5) is 5.69 Å². The van der Waals surface area contributed by atoms with E-state index in [1.54, 1.807) is 0 Å². The van der Waals surface area contributed by atoms with Gasteiger partial charge in [-0.25, -0.2) is 0 Å². The third-order valence-corrected chi connectivity index (χ3v) is 3.67. The van der Waals surface area contributed by atoms with Crippen LogP contribution in [0.2, 0.25) is 0 Å². The van der Waals surface area contributed by atoms with E-state index in [1.165, 1.54) is 5.56 Å². The minimum Gasteiger partial charge on any atom is -0.392 e. The van der Waals surface area contributed by atoms with Gasteiger partial charge in [0.25, 0.3) is 0 Å². The van der Waals surface area contributed by atoms with E-state index in [0.717, 1.165) is 29.9 Å². The molecule has 0 aromatic heterocycles. The van der Waals surface area contributed by atoms with Crippen LogP contribution < -0.4 is 4.90 Å². The van der Waals surface area contributed by atoms with Gasteiger partial charge in [0.05, 0.1) is 6.61 Å². The molecule has 2 rings (SSSR count). The summed E-state index contributed by atoms with van der Waals surface area (Å²) in [5, 5.41) is 9.50. The highest BCUT2D eigenvalue weighted by atomic mass is 16.3. The van der Waals surface area contributed by atoms with Gasteiger partial charge in [-0.15, -0.1) is 0 Å². The second-order valence-electron chi connectivity index (χ2n) is 5.29. The Hall–Kier alpha value is -1.32. The van der Waals surface area contributed by atoms with Crippen LogP contribution in [0.1, 0.15) is 17.5 Å². The predicted octanol–water partition coefficient (Wildman–Crippen LogP) is 2.14. The molecule has 1 fully saturated rings. The Morgan fingerprint density at radius 3 is 2.72 bits per heavy atom. The fourth-order valence-electron chi connectivity index (χ4n) is 2.51. The Morgan fingerprint density at radius 2 is 2.17 bits per heavy atom. The monoisotopic (exact) mass is 246 g/mol. The highest BCUT2D eigenvalue weighted by Crippen LogP contribution is 2.32. The first kappa shape index (κ1) is 13.1. The minimum absolute atomic E-state index is 0.0768. The highest BCUT2D eigenvalue weighted by Gasteiger charge is 2.28. The van der Waals surface area contributed by atoms with E-state index in [9.17, 15) is 5.11 Å². The third-order valence-electron chi connectivity index (χ3n) is 3.67. The maximum absolute atomic E-state index is 9.50. The maximum Gasteiger partial charge on any atom is 0.0702 e. The number of aliphatic hydroxyl groups is 1. The average molecular weight is 246 g/mol. The Kier molecular flexibility index (Phi) is 3.73. The van der Waals surface area contributed by atoms with Gasteiger partial charge in [0, 0.05) is 36.0 Å². The van der Waals surface area contributed by atoms with Crippen molar-refractivity contribution in [3.05, 3.63) is 41.6 Å². The Balaban J connectivity index is 2.29. The number of hydrogen-bond donors (Lipinski definition) is 1. The first-order valence-electron chi connectivity index (χ1n) is 6.35. The molecule has 0 radical (unpaired) electrons. The zero-order valence-electron chi connectivity index (χ0n) is 11.5. The largest absolute Gasteiger partial charge is 0.392 e. The second-order valence-corrected chi connectivity index (χ2v) is 5.29.